The van der Waals surface area contributed by atoms with Gasteiger partial charge >= 0.3 is 5.97 Å². The molecule has 0 atom stereocenters. The minimum absolute atomic E-state index is 0.0228. The van der Waals surface area contributed by atoms with Gasteiger partial charge in [0.05, 0.1) is 12.3 Å². The highest BCUT2D eigenvalue weighted by atomic mass is 16.5. The number of aromatic nitrogens is 3. The Labute approximate surface area is 154 Å². The third kappa shape index (κ3) is 4.15. The number of H-pyrrole nitrogens is 1. The first kappa shape index (κ1) is 19.8. The summed E-state index contributed by atoms with van der Waals surface area (Å²) >= 11 is 0. The number of hydrogen-bond donors (Lipinski definition) is 2. The van der Waals surface area contributed by atoms with E-state index in [0.717, 1.165) is 33.8 Å². The van der Waals surface area contributed by atoms with Gasteiger partial charge in [-0.15, -0.1) is 0 Å². The average molecular weight is 360 g/mol. The molecular weight excluding hydrogens is 332 g/mol. The molecule has 2 aromatic heterocycles. The van der Waals surface area contributed by atoms with Crippen molar-refractivity contribution in [3.05, 3.63) is 39.5 Å². The summed E-state index contributed by atoms with van der Waals surface area (Å²) in [5.74, 6) is -0.378. The van der Waals surface area contributed by atoms with Gasteiger partial charge in [0.1, 0.15) is 5.69 Å². The highest BCUT2D eigenvalue weighted by Crippen LogP contribution is 2.20. The van der Waals surface area contributed by atoms with Crippen LogP contribution in [0.3, 0.4) is 0 Å². The molecule has 7 heteroatoms. The fraction of sp³-hybridized carbons (Fsp3) is 0.526. The van der Waals surface area contributed by atoms with E-state index in [1.165, 1.54) is 0 Å². The molecule has 0 aromatic carbocycles. The highest BCUT2D eigenvalue weighted by Gasteiger charge is 2.19. The first-order valence-corrected chi connectivity index (χ1v) is 8.87. The Morgan fingerprint density at radius 3 is 2.46 bits per heavy atom. The molecule has 2 heterocycles. The summed E-state index contributed by atoms with van der Waals surface area (Å²) in [5.41, 5.74) is 6.27. The Morgan fingerprint density at radius 2 is 1.88 bits per heavy atom. The van der Waals surface area contributed by atoms with Gasteiger partial charge in [-0.1, -0.05) is 0 Å². The van der Waals surface area contributed by atoms with Crippen molar-refractivity contribution >= 4 is 11.9 Å². The van der Waals surface area contributed by atoms with Crippen LogP contribution in [0.15, 0.2) is 0 Å². The molecule has 0 radical (unpaired) electrons. The van der Waals surface area contributed by atoms with E-state index < -0.39 is 0 Å². The lowest BCUT2D eigenvalue weighted by Gasteiger charge is -2.07. The molecule has 0 aliphatic heterocycles. The number of hydrogen-bond acceptors (Lipinski definition) is 4. The Kier molecular flexibility index (Phi) is 6.23. The molecule has 26 heavy (non-hydrogen) atoms. The molecule has 0 aliphatic rings. The van der Waals surface area contributed by atoms with Gasteiger partial charge in [0.25, 0.3) is 0 Å². The number of esters is 1. The second-order valence-electron chi connectivity index (χ2n) is 6.50. The molecule has 0 spiro atoms. The number of aromatic amines is 1. The zero-order valence-corrected chi connectivity index (χ0v) is 16.4. The Balaban J connectivity index is 1.96. The molecule has 0 bridgehead atoms. The van der Waals surface area contributed by atoms with Gasteiger partial charge in [-0.2, -0.15) is 5.10 Å². The van der Waals surface area contributed by atoms with Crippen molar-refractivity contribution in [3.8, 4) is 0 Å². The zero-order chi connectivity index (χ0) is 19.4. The van der Waals surface area contributed by atoms with Gasteiger partial charge in [0.2, 0.25) is 5.91 Å². The normalized spacial score (nSPS) is 10.8. The predicted octanol–water partition coefficient (Wildman–Crippen LogP) is 2.41. The molecule has 0 saturated heterocycles. The number of ether oxygens (including phenoxy) is 1. The Bertz CT molecular complexity index is 817. The number of carbonyl (C=O) groups excluding carboxylic acids is 2. The van der Waals surface area contributed by atoms with E-state index >= 15 is 0 Å². The first-order chi connectivity index (χ1) is 12.3. The number of rotatable bonds is 7. The maximum absolute atomic E-state index is 12.2. The van der Waals surface area contributed by atoms with Crippen LogP contribution in [0.1, 0.15) is 57.6 Å². The van der Waals surface area contributed by atoms with E-state index in [4.69, 9.17) is 4.74 Å². The van der Waals surface area contributed by atoms with E-state index in [9.17, 15) is 9.59 Å². The molecule has 2 N–H and O–H groups in total. The van der Waals surface area contributed by atoms with E-state index in [2.05, 4.69) is 15.4 Å². The van der Waals surface area contributed by atoms with Crippen LogP contribution in [-0.4, -0.2) is 33.2 Å². The summed E-state index contributed by atoms with van der Waals surface area (Å²) in [5, 5.41) is 7.32. The predicted molar refractivity (Wildman–Crippen MR) is 99.1 cm³/mol. The molecule has 7 nitrogen and oxygen atoms in total. The van der Waals surface area contributed by atoms with E-state index in [-0.39, 0.29) is 11.9 Å². The van der Waals surface area contributed by atoms with E-state index in [1.807, 2.05) is 39.4 Å². The summed E-state index contributed by atoms with van der Waals surface area (Å²) in [6, 6.07) is 0. The number of carbonyl (C=O) groups is 2. The van der Waals surface area contributed by atoms with Gasteiger partial charge < -0.3 is 15.0 Å². The summed E-state index contributed by atoms with van der Waals surface area (Å²) in [7, 11) is 1.90. The van der Waals surface area contributed by atoms with Gasteiger partial charge in [0.15, 0.2) is 0 Å². The van der Waals surface area contributed by atoms with Crippen molar-refractivity contribution in [1.29, 1.82) is 0 Å². The number of aryl methyl sites for hydroxylation is 3. The highest BCUT2D eigenvalue weighted by molar-refractivity contribution is 5.90. The lowest BCUT2D eigenvalue weighted by Crippen LogP contribution is -2.23. The summed E-state index contributed by atoms with van der Waals surface area (Å²) < 4.78 is 6.88. The molecule has 1 amide bonds. The van der Waals surface area contributed by atoms with Crippen LogP contribution < -0.4 is 5.32 Å². The SMILES string of the molecule is CCOC(=O)c1[nH]c(C)c(CCC(=O)NCc2c(C)nn(C)c2C)c1C. The largest absolute Gasteiger partial charge is 0.461 e. The summed E-state index contributed by atoms with van der Waals surface area (Å²) in [4.78, 5) is 27.3. The smallest absolute Gasteiger partial charge is 0.355 e. The van der Waals surface area contributed by atoms with Gasteiger partial charge in [-0.25, -0.2) is 4.79 Å². The first-order valence-electron chi connectivity index (χ1n) is 8.87. The van der Waals surface area contributed by atoms with Crippen LogP contribution in [0, 0.1) is 27.7 Å². The molecule has 0 aliphatic carbocycles. The van der Waals surface area contributed by atoms with Crippen LogP contribution in [0.5, 0.6) is 0 Å². The van der Waals surface area contributed by atoms with Crippen LogP contribution in [0.4, 0.5) is 0 Å². The van der Waals surface area contributed by atoms with Crippen molar-refractivity contribution in [2.24, 2.45) is 7.05 Å². The standard InChI is InChI=1S/C19H28N4O3/c1-7-26-19(25)18-11(2)15(12(3)21-18)8-9-17(24)20-10-16-13(4)22-23(6)14(16)5/h21H,7-10H2,1-6H3,(H,20,24). The van der Waals surface area contributed by atoms with Crippen molar-refractivity contribution in [2.75, 3.05) is 6.61 Å². The van der Waals surface area contributed by atoms with Gasteiger partial charge in [0, 0.05) is 37.0 Å². The minimum atomic E-state index is -0.355. The number of amides is 1. The summed E-state index contributed by atoms with van der Waals surface area (Å²) in [6.45, 7) is 10.3. The maximum atomic E-state index is 12.2. The van der Waals surface area contributed by atoms with Crippen molar-refractivity contribution in [2.45, 2.75) is 54.0 Å². The Hall–Kier alpha value is -2.57. The van der Waals surface area contributed by atoms with Crippen LogP contribution in [-0.2, 0) is 29.5 Å². The fourth-order valence-corrected chi connectivity index (χ4v) is 3.16. The number of nitrogens with zero attached hydrogens (tertiary/aromatic N) is 2. The van der Waals surface area contributed by atoms with Crippen LogP contribution in [0.2, 0.25) is 0 Å². The summed E-state index contributed by atoms with van der Waals surface area (Å²) in [6.07, 6.45) is 0.935. The monoisotopic (exact) mass is 360 g/mol. The van der Waals surface area contributed by atoms with Crippen molar-refractivity contribution < 1.29 is 14.3 Å². The molecule has 0 saturated carbocycles. The average Bonchev–Trinajstić information content (AvgIpc) is 3.00. The fourth-order valence-electron chi connectivity index (χ4n) is 3.16. The Morgan fingerprint density at radius 1 is 1.19 bits per heavy atom. The van der Waals surface area contributed by atoms with Crippen LogP contribution >= 0.6 is 0 Å². The third-order valence-electron chi connectivity index (χ3n) is 4.80. The van der Waals surface area contributed by atoms with Crippen LogP contribution in [0.25, 0.3) is 0 Å². The number of nitrogens with one attached hydrogen (secondary N) is 2. The van der Waals surface area contributed by atoms with E-state index in [1.54, 1.807) is 6.92 Å². The lowest BCUT2D eigenvalue weighted by atomic mass is 10.0. The molecule has 142 valence electrons. The molecule has 2 aromatic rings. The topological polar surface area (TPSA) is 89.0 Å². The third-order valence-corrected chi connectivity index (χ3v) is 4.80. The van der Waals surface area contributed by atoms with E-state index in [0.29, 0.717) is 31.7 Å². The van der Waals surface area contributed by atoms with Crippen molar-refractivity contribution in [1.82, 2.24) is 20.1 Å². The lowest BCUT2D eigenvalue weighted by molar-refractivity contribution is -0.121. The molecular formula is C19H28N4O3. The quantitative estimate of drug-likeness (QED) is 0.742. The minimum Gasteiger partial charge on any atom is -0.461 e. The second-order valence-corrected chi connectivity index (χ2v) is 6.50. The molecule has 0 unspecified atom stereocenters. The zero-order valence-electron chi connectivity index (χ0n) is 16.4. The molecule has 2 rings (SSSR count). The van der Waals surface area contributed by atoms with Gasteiger partial charge in [-0.05, 0) is 52.2 Å². The maximum Gasteiger partial charge on any atom is 0.355 e. The molecule has 0 fully saturated rings. The van der Waals surface area contributed by atoms with Gasteiger partial charge in [-0.3, -0.25) is 9.48 Å². The van der Waals surface area contributed by atoms with Crippen molar-refractivity contribution in [3.63, 3.8) is 0 Å². The second kappa shape index (κ2) is 8.21.